The Bertz CT molecular complexity index is 969. The van der Waals surface area contributed by atoms with Crippen LogP contribution in [0.1, 0.15) is 37.9 Å². The molecule has 1 aliphatic rings. The molecule has 136 valence electrons. The highest BCUT2D eigenvalue weighted by molar-refractivity contribution is 7.17. The first-order valence-corrected chi connectivity index (χ1v) is 9.71. The Balaban J connectivity index is 1.35. The monoisotopic (exact) mass is 372 g/mol. The third-order valence-electron chi connectivity index (χ3n) is 4.80. The van der Waals surface area contributed by atoms with Crippen LogP contribution in [0.4, 0.5) is 5.95 Å². The number of amides is 1. The third-order valence-corrected chi connectivity index (χ3v) is 5.69. The number of carbonyl (C=O) groups excluding carboxylic acids is 1. The molecule has 3 aromatic rings. The number of hydrogen-bond donors (Lipinski definition) is 2. The maximum absolute atomic E-state index is 12.3. The van der Waals surface area contributed by atoms with Gasteiger partial charge in [-0.15, -0.1) is 16.4 Å². The molecular formula is C17H20N6O2S. The second-order valence-corrected chi connectivity index (χ2v) is 7.57. The zero-order chi connectivity index (χ0) is 17.9. The maximum Gasteiger partial charge on any atom is 0.271 e. The number of anilines is 1. The highest BCUT2D eigenvalue weighted by Gasteiger charge is 2.16. The molecule has 0 atom stereocenters. The van der Waals surface area contributed by atoms with Crippen LogP contribution in [0.5, 0.6) is 0 Å². The lowest BCUT2D eigenvalue weighted by Crippen LogP contribution is -2.27. The van der Waals surface area contributed by atoms with Crippen LogP contribution in [-0.2, 0) is 17.8 Å². The summed E-state index contributed by atoms with van der Waals surface area (Å²) in [6.07, 6.45) is 8.59. The van der Waals surface area contributed by atoms with E-state index in [-0.39, 0.29) is 24.0 Å². The molecule has 0 bridgehead atoms. The Morgan fingerprint density at radius 2 is 2.23 bits per heavy atom. The molecule has 4 rings (SSSR count). The van der Waals surface area contributed by atoms with Gasteiger partial charge in [-0.3, -0.25) is 24.6 Å². The standard InChI is InChI=1S/C17H20N6O2S/c24-14(9-23-10-18-12-7-8-26-15(12)16(23)25)20-17-19-13(21-22-17)6-5-11-3-1-2-4-11/h7-8,10-11H,1-6,9H2,(H2,19,20,21,22,24). The molecule has 0 unspecified atom stereocenters. The van der Waals surface area contributed by atoms with E-state index in [1.807, 2.05) is 5.38 Å². The predicted octanol–water partition coefficient (Wildman–Crippen LogP) is 2.34. The lowest BCUT2D eigenvalue weighted by atomic mass is 10.0. The average Bonchev–Trinajstić information content (AvgIpc) is 3.37. The molecule has 3 aromatic heterocycles. The second kappa shape index (κ2) is 7.36. The Morgan fingerprint density at radius 1 is 1.38 bits per heavy atom. The molecule has 0 aromatic carbocycles. The van der Waals surface area contributed by atoms with Gasteiger partial charge in [0.2, 0.25) is 11.9 Å². The highest BCUT2D eigenvalue weighted by atomic mass is 32.1. The molecule has 0 spiro atoms. The van der Waals surface area contributed by atoms with E-state index in [9.17, 15) is 9.59 Å². The number of aryl methyl sites for hydroxylation is 1. The number of H-pyrrole nitrogens is 1. The van der Waals surface area contributed by atoms with Crippen LogP contribution in [0.25, 0.3) is 10.2 Å². The molecule has 9 heteroatoms. The fourth-order valence-electron chi connectivity index (χ4n) is 3.41. The summed E-state index contributed by atoms with van der Waals surface area (Å²) in [4.78, 5) is 33.0. The number of carbonyl (C=O) groups is 1. The number of fused-ring (bicyclic) bond motifs is 1. The summed E-state index contributed by atoms with van der Waals surface area (Å²) >= 11 is 1.32. The van der Waals surface area contributed by atoms with Gasteiger partial charge in [-0.05, 0) is 23.8 Å². The molecule has 1 saturated carbocycles. The molecule has 0 saturated heterocycles. The number of hydrogen-bond acceptors (Lipinski definition) is 6. The van der Waals surface area contributed by atoms with E-state index in [0.717, 1.165) is 24.6 Å². The summed E-state index contributed by atoms with van der Waals surface area (Å²) < 4.78 is 1.84. The van der Waals surface area contributed by atoms with Crippen molar-refractivity contribution in [3.05, 3.63) is 34.0 Å². The molecule has 26 heavy (non-hydrogen) atoms. The summed E-state index contributed by atoms with van der Waals surface area (Å²) in [6, 6.07) is 1.78. The molecule has 1 aliphatic carbocycles. The molecule has 3 heterocycles. The van der Waals surface area contributed by atoms with Gasteiger partial charge in [0, 0.05) is 6.42 Å². The first-order valence-electron chi connectivity index (χ1n) is 8.83. The zero-order valence-corrected chi connectivity index (χ0v) is 15.1. The summed E-state index contributed by atoms with van der Waals surface area (Å²) in [5, 5.41) is 11.4. The number of nitrogens with zero attached hydrogens (tertiary/aromatic N) is 4. The minimum absolute atomic E-state index is 0.119. The summed E-state index contributed by atoms with van der Waals surface area (Å²) in [5.41, 5.74) is 0.435. The van der Waals surface area contributed by atoms with Gasteiger partial charge < -0.3 is 0 Å². The quantitative estimate of drug-likeness (QED) is 0.691. The first kappa shape index (κ1) is 16.9. The minimum Gasteiger partial charge on any atom is -0.292 e. The number of thiophene rings is 1. The van der Waals surface area contributed by atoms with Crippen molar-refractivity contribution < 1.29 is 4.79 Å². The SMILES string of the molecule is O=C(Cn1cnc2ccsc2c1=O)Nc1n[nH]c(CCC2CCCC2)n1. The van der Waals surface area contributed by atoms with Crippen LogP contribution in [0.3, 0.4) is 0 Å². The van der Waals surface area contributed by atoms with Gasteiger partial charge in [0.15, 0.2) is 0 Å². The molecule has 2 N–H and O–H groups in total. The molecule has 1 fully saturated rings. The molecule has 1 amide bonds. The van der Waals surface area contributed by atoms with E-state index in [1.54, 1.807) is 6.07 Å². The highest BCUT2D eigenvalue weighted by Crippen LogP contribution is 2.28. The Kier molecular flexibility index (Phi) is 4.79. The van der Waals surface area contributed by atoms with Crippen LogP contribution < -0.4 is 10.9 Å². The Morgan fingerprint density at radius 3 is 3.08 bits per heavy atom. The Labute approximate surface area is 153 Å². The predicted molar refractivity (Wildman–Crippen MR) is 99.2 cm³/mol. The van der Waals surface area contributed by atoms with E-state index in [0.29, 0.717) is 10.2 Å². The largest absolute Gasteiger partial charge is 0.292 e. The van der Waals surface area contributed by atoms with Crippen molar-refractivity contribution in [3.63, 3.8) is 0 Å². The molecule has 8 nitrogen and oxygen atoms in total. The first-order chi connectivity index (χ1) is 12.7. The van der Waals surface area contributed by atoms with E-state index >= 15 is 0 Å². The number of aromatic nitrogens is 5. The van der Waals surface area contributed by atoms with Gasteiger partial charge in [-0.25, -0.2) is 4.98 Å². The summed E-state index contributed by atoms with van der Waals surface area (Å²) in [5.74, 6) is 1.46. The van der Waals surface area contributed by atoms with E-state index in [1.165, 1.54) is 47.9 Å². The topological polar surface area (TPSA) is 106 Å². The lowest BCUT2D eigenvalue weighted by molar-refractivity contribution is -0.116. The molecular weight excluding hydrogens is 352 g/mol. The van der Waals surface area contributed by atoms with Crippen molar-refractivity contribution in [2.45, 2.75) is 45.1 Å². The van der Waals surface area contributed by atoms with Gasteiger partial charge in [0.25, 0.3) is 5.56 Å². The van der Waals surface area contributed by atoms with E-state index in [2.05, 4.69) is 25.5 Å². The average molecular weight is 372 g/mol. The second-order valence-electron chi connectivity index (χ2n) is 6.66. The molecule has 0 radical (unpaired) electrons. The van der Waals surface area contributed by atoms with Gasteiger partial charge in [-0.1, -0.05) is 25.7 Å². The third kappa shape index (κ3) is 3.67. The lowest BCUT2D eigenvalue weighted by Gasteiger charge is -2.05. The summed E-state index contributed by atoms with van der Waals surface area (Å²) in [7, 11) is 0. The normalized spacial score (nSPS) is 14.9. The summed E-state index contributed by atoms with van der Waals surface area (Å²) in [6.45, 7) is -0.119. The van der Waals surface area contributed by atoms with Crippen molar-refractivity contribution >= 4 is 33.4 Å². The van der Waals surface area contributed by atoms with Crippen molar-refractivity contribution in [1.29, 1.82) is 0 Å². The van der Waals surface area contributed by atoms with Crippen LogP contribution in [-0.4, -0.2) is 30.6 Å². The molecule has 0 aliphatic heterocycles. The van der Waals surface area contributed by atoms with Gasteiger partial charge in [0.05, 0.1) is 11.8 Å². The van der Waals surface area contributed by atoms with E-state index in [4.69, 9.17) is 0 Å². The van der Waals surface area contributed by atoms with Gasteiger partial charge in [-0.2, -0.15) is 4.98 Å². The number of aromatic amines is 1. The number of nitrogens with one attached hydrogen (secondary N) is 2. The van der Waals surface area contributed by atoms with Gasteiger partial charge in [0.1, 0.15) is 17.1 Å². The fraction of sp³-hybridized carbons (Fsp3) is 0.471. The van der Waals surface area contributed by atoms with Gasteiger partial charge >= 0.3 is 0 Å². The van der Waals surface area contributed by atoms with Crippen molar-refractivity contribution in [3.8, 4) is 0 Å². The van der Waals surface area contributed by atoms with Crippen LogP contribution in [0, 0.1) is 5.92 Å². The van der Waals surface area contributed by atoms with Crippen molar-refractivity contribution in [2.24, 2.45) is 5.92 Å². The van der Waals surface area contributed by atoms with Crippen molar-refractivity contribution in [2.75, 3.05) is 5.32 Å². The van der Waals surface area contributed by atoms with Crippen LogP contribution in [0.15, 0.2) is 22.6 Å². The number of rotatable bonds is 6. The smallest absolute Gasteiger partial charge is 0.271 e. The van der Waals surface area contributed by atoms with Crippen LogP contribution >= 0.6 is 11.3 Å². The minimum atomic E-state index is -0.355. The fourth-order valence-corrected chi connectivity index (χ4v) is 4.21. The zero-order valence-electron chi connectivity index (χ0n) is 14.3. The maximum atomic E-state index is 12.3. The van der Waals surface area contributed by atoms with E-state index < -0.39 is 0 Å². The van der Waals surface area contributed by atoms with Crippen LogP contribution in [0.2, 0.25) is 0 Å². The van der Waals surface area contributed by atoms with Crippen molar-refractivity contribution in [1.82, 2.24) is 24.7 Å². The Hall–Kier alpha value is -2.55.